The van der Waals surface area contributed by atoms with Gasteiger partial charge >= 0.3 is 5.91 Å². The van der Waals surface area contributed by atoms with Crippen molar-refractivity contribution in [1.29, 1.82) is 0 Å². The van der Waals surface area contributed by atoms with E-state index in [0.29, 0.717) is 27.0 Å². The van der Waals surface area contributed by atoms with Gasteiger partial charge in [-0.1, -0.05) is 41.1 Å². The number of aromatic nitrogens is 1. The van der Waals surface area contributed by atoms with Gasteiger partial charge in [-0.2, -0.15) is 0 Å². The molecule has 5 rings (SSSR count). The molecule has 36 heavy (non-hydrogen) atoms. The molecule has 0 radical (unpaired) electrons. The number of ether oxygens (including phenoxy) is 1. The Balaban J connectivity index is 1.73. The summed E-state index contributed by atoms with van der Waals surface area (Å²) in [6.45, 7) is 5.81. The van der Waals surface area contributed by atoms with Gasteiger partial charge in [-0.25, -0.2) is 4.98 Å². The van der Waals surface area contributed by atoms with Crippen molar-refractivity contribution in [1.82, 2.24) is 4.98 Å². The normalized spacial score (nSPS) is 17.2. The Kier molecular flexibility index (Phi) is 6.06. The zero-order valence-corrected chi connectivity index (χ0v) is 21.7. The Morgan fingerprint density at radius 1 is 1.03 bits per heavy atom. The van der Waals surface area contributed by atoms with Crippen LogP contribution in [0.25, 0.3) is 16.0 Å². The number of rotatable bonds is 4. The minimum absolute atomic E-state index is 0.000882. The lowest BCUT2D eigenvalue weighted by Gasteiger charge is -2.23. The van der Waals surface area contributed by atoms with E-state index >= 15 is 0 Å². The fraction of sp³-hybridized carbons (Fsp3) is 0.179. The molecule has 182 valence electrons. The number of amides is 1. The standard InChI is InChI=1S/C28H23ClN2O4S/c1-14-11-16(3)23-21(12-14)36-28(30-23)31-24(17-5-8-19(29)9-6-17)22(26(33)27(31)34)25(32)18-7-10-20(35-4)15(2)13-18/h5-13,24,32H,1-4H3. The van der Waals surface area contributed by atoms with Gasteiger partial charge in [-0.3, -0.25) is 14.5 Å². The van der Waals surface area contributed by atoms with E-state index in [4.69, 9.17) is 21.3 Å². The number of ketones is 1. The number of halogens is 1. The Morgan fingerprint density at radius 3 is 2.42 bits per heavy atom. The molecule has 1 aromatic heterocycles. The molecule has 3 aromatic carbocycles. The average Bonchev–Trinajstić information content (AvgIpc) is 3.38. The lowest BCUT2D eigenvalue weighted by molar-refractivity contribution is -0.132. The predicted octanol–water partition coefficient (Wildman–Crippen LogP) is 6.51. The molecule has 6 nitrogen and oxygen atoms in total. The second kappa shape index (κ2) is 9.08. The molecule has 1 fully saturated rings. The molecule has 1 N–H and O–H groups in total. The number of benzene rings is 3. The van der Waals surface area contributed by atoms with Crippen LogP contribution in [0.2, 0.25) is 5.02 Å². The first-order valence-electron chi connectivity index (χ1n) is 11.3. The molecule has 1 aliphatic rings. The number of methoxy groups -OCH3 is 1. The summed E-state index contributed by atoms with van der Waals surface area (Å²) in [5, 5.41) is 12.3. The van der Waals surface area contributed by atoms with Crippen molar-refractivity contribution in [2.24, 2.45) is 0 Å². The highest BCUT2D eigenvalue weighted by Gasteiger charge is 2.48. The minimum atomic E-state index is -0.869. The fourth-order valence-corrected chi connectivity index (χ4v) is 5.93. The lowest BCUT2D eigenvalue weighted by atomic mass is 9.95. The zero-order valence-electron chi connectivity index (χ0n) is 20.1. The monoisotopic (exact) mass is 518 g/mol. The summed E-state index contributed by atoms with van der Waals surface area (Å²) in [4.78, 5) is 33.0. The molecule has 4 aromatic rings. The van der Waals surface area contributed by atoms with Crippen molar-refractivity contribution in [3.63, 3.8) is 0 Å². The van der Waals surface area contributed by atoms with Crippen molar-refractivity contribution in [2.75, 3.05) is 12.0 Å². The minimum Gasteiger partial charge on any atom is -0.507 e. The van der Waals surface area contributed by atoms with Crippen molar-refractivity contribution < 1.29 is 19.4 Å². The van der Waals surface area contributed by atoms with Crippen molar-refractivity contribution in [3.05, 3.63) is 93.0 Å². The molecule has 0 aliphatic carbocycles. The van der Waals surface area contributed by atoms with Crippen LogP contribution in [0, 0.1) is 20.8 Å². The van der Waals surface area contributed by atoms with Gasteiger partial charge in [0, 0.05) is 10.6 Å². The van der Waals surface area contributed by atoms with Gasteiger partial charge in [-0.15, -0.1) is 0 Å². The molecule has 1 aliphatic heterocycles. The van der Waals surface area contributed by atoms with Crippen LogP contribution in [-0.2, 0) is 9.59 Å². The van der Waals surface area contributed by atoms with E-state index in [0.717, 1.165) is 26.9 Å². The Hall–Kier alpha value is -3.68. The van der Waals surface area contributed by atoms with Crippen LogP contribution < -0.4 is 9.64 Å². The maximum atomic E-state index is 13.5. The number of aliphatic hydroxyl groups is 1. The Labute approximate surface area is 217 Å². The summed E-state index contributed by atoms with van der Waals surface area (Å²) >= 11 is 7.47. The summed E-state index contributed by atoms with van der Waals surface area (Å²) in [7, 11) is 1.56. The van der Waals surface area contributed by atoms with E-state index < -0.39 is 17.7 Å². The number of anilines is 1. The third-order valence-corrected chi connectivity index (χ3v) is 7.58. The van der Waals surface area contributed by atoms with Gasteiger partial charge in [-0.05, 0) is 79.4 Å². The highest BCUT2D eigenvalue weighted by atomic mass is 35.5. The summed E-state index contributed by atoms with van der Waals surface area (Å²) in [6, 6.07) is 15.2. The van der Waals surface area contributed by atoms with Crippen LogP contribution >= 0.6 is 22.9 Å². The van der Waals surface area contributed by atoms with Crippen LogP contribution in [0.1, 0.15) is 33.9 Å². The second-order valence-corrected chi connectivity index (χ2v) is 10.3. The van der Waals surface area contributed by atoms with Crippen molar-refractivity contribution >= 4 is 55.7 Å². The number of hydrogen-bond donors (Lipinski definition) is 1. The molecular formula is C28H23ClN2O4S. The second-order valence-electron chi connectivity index (χ2n) is 8.83. The van der Waals surface area contributed by atoms with E-state index in [1.165, 1.54) is 16.2 Å². The number of fused-ring (bicyclic) bond motifs is 1. The summed E-state index contributed by atoms with van der Waals surface area (Å²) in [6.07, 6.45) is 0. The first-order chi connectivity index (χ1) is 17.2. The number of aryl methyl sites for hydroxylation is 3. The number of thiazole rings is 1. The van der Waals surface area contributed by atoms with Crippen LogP contribution in [0.3, 0.4) is 0 Å². The molecule has 0 bridgehead atoms. The van der Waals surface area contributed by atoms with Gasteiger partial charge < -0.3 is 9.84 Å². The largest absolute Gasteiger partial charge is 0.507 e. The first kappa shape index (κ1) is 24.0. The number of carbonyl (C=O) groups is 2. The Bertz CT molecular complexity index is 1570. The summed E-state index contributed by atoms with van der Waals surface area (Å²) < 4.78 is 6.24. The van der Waals surface area contributed by atoms with Crippen molar-refractivity contribution in [3.8, 4) is 5.75 Å². The van der Waals surface area contributed by atoms with Gasteiger partial charge in [0.25, 0.3) is 5.78 Å². The van der Waals surface area contributed by atoms with Gasteiger partial charge in [0.1, 0.15) is 11.5 Å². The van der Waals surface area contributed by atoms with Crippen molar-refractivity contribution in [2.45, 2.75) is 26.8 Å². The highest BCUT2D eigenvalue weighted by molar-refractivity contribution is 7.22. The molecule has 1 amide bonds. The molecule has 0 spiro atoms. The van der Waals surface area contributed by atoms with Crippen LogP contribution in [0.15, 0.2) is 60.2 Å². The molecule has 1 unspecified atom stereocenters. The molecule has 1 atom stereocenters. The zero-order chi connectivity index (χ0) is 25.7. The molecule has 1 saturated heterocycles. The number of hydrogen-bond acceptors (Lipinski definition) is 6. The highest BCUT2D eigenvalue weighted by Crippen LogP contribution is 2.45. The summed E-state index contributed by atoms with van der Waals surface area (Å²) in [5.41, 5.74) is 4.69. The number of carbonyl (C=O) groups excluding carboxylic acids is 2. The number of Topliss-reactive ketones (excluding diaryl/α,β-unsaturated/α-hetero) is 1. The van der Waals surface area contributed by atoms with Crippen LogP contribution in [-0.4, -0.2) is 28.9 Å². The third-order valence-electron chi connectivity index (χ3n) is 6.32. The molecular weight excluding hydrogens is 496 g/mol. The molecule has 0 saturated carbocycles. The molecule has 2 heterocycles. The van der Waals surface area contributed by atoms with Gasteiger partial charge in [0.15, 0.2) is 5.13 Å². The van der Waals surface area contributed by atoms with E-state index in [2.05, 4.69) is 0 Å². The predicted molar refractivity (Wildman–Crippen MR) is 143 cm³/mol. The third kappa shape index (κ3) is 3.94. The van der Waals surface area contributed by atoms with Gasteiger partial charge in [0.05, 0.1) is 28.9 Å². The van der Waals surface area contributed by atoms with Crippen LogP contribution in [0.4, 0.5) is 5.13 Å². The maximum absolute atomic E-state index is 13.5. The van der Waals surface area contributed by atoms with Gasteiger partial charge in [0.2, 0.25) is 0 Å². The lowest BCUT2D eigenvalue weighted by Crippen LogP contribution is -2.29. The van der Waals surface area contributed by atoms with E-state index in [9.17, 15) is 14.7 Å². The quantitative estimate of drug-likeness (QED) is 0.189. The smallest absolute Gasteiger partial charge is 0.301 e. The number of aliphatic hydroxyl groups excluding tert-OH is 1. The topological polar surface area (TPSA) is 79.7 Å². The van der Waals surface area contributed by atoms with E-state index in [-0.39, 0.29) is 11.3 Å². The average molecular weight is 519 g/mol. The first-order valence-corrected chi connectivity index (χ1v) is 12.5. The van der Waals surface area contributed by atoms with E-state index in [1.807, 2.05) is 32.9 Å². The summed E-state index contributed by atoms with van der Waals surface area (Å²) in [5.74, 6) is -1.11. The molecule has 8 heteroatoms. The fourth-order valence-electron chi connectivity index (χ4n) is 4.63. The SMILES string of the molecule is COc1ccc(C(O)=C2C(=O)C(=O)N(c3nc4c(C)cc(C)cc4s3)C2c2ccc(Cl)cc2)cc1C. The maximum Gasteiger partial charge on any atom is 0.301 e. The van der Waals surface area contributed by atoms with Crippen LogP contribution in [0.5, 0.6) is 5.75 Å². The number of nitrogens with zero attached hydrogens (tertiary/aromatic N) is 2. The Morgan fingerprint density at radius 2 is 1.75 bits per heavy atom. The van der Waals surface area contributed by atoms with E-state index in [1.54, 1.807) is 49.6 Å².